The fraction of sp³-hybridized carbons (Fsp3) is 0.389. The summed E-state index contributed by atoms with van der Waals surface area (Å²) in [6.07, 6.45) is 6.10. The lowest BCUT2D eigenvalue weighted by Gasteiger charge is -2.20. The van der Waals surface area contributed by atoms with Crippen LogP contribution in [0.3, 0.4) is 0 Å². The van der Waals surface area contributed by atoms with Crippen molar-refractivity contribution in [2.75, 3.05) is 25.1 Å². The van der Waals surface area contributed by atoms with Crippen LogP contribution >= 0.6 is 12.4 Å². The Labute approximate surface area is 144 Å². The standard InChI is InChI=1S/C18H23N3O.ClH/c1-21(13-15-6-3-2-4-7-15)17-10-18(12-19-11-17)22-14-16-8-5-9-20-16;/h2-4,6-7,10-12,16,20H,5,8-9,13-14H2,1H3;1H/t16-;/m0./s1. The van der Waals surface area contributed by atoms with Crippen LogP contribution in [0, 0.1) is 0 Å². The van der Waals surface area contributed by atoms with E-state index in [1.54, 1.807) is 6.20 Å². The fourth-order valence-corrected chi connectivity index (χ4v) is 2.74. The average molecular weight is 334 g/mol. The monoisotopic (exact) mass is 333 g/mol. The lowest BCUT2D eigenvalue weighted by atomic mass is 10.2. The number of aromatic nitrogens is 1. The molecule has 3 rings (SSSR count). The first kappa shape index (κ1) is 17.6. The van der Waals surface area contributed by atoms with Crippen molar-refractivity contribution in [3.63, 3.8) is 0 Å². The van der Waals surface area contributed by atoms with Crippen molar-refractivity contribution in [1.29, 1.82) is 0 Å². The predicted octanol–water partition coefficient (Wildman–Crippen LogP) is 3.27. The summed E-state index contributed by atoms with van der Waals surface area (Å²) in [4.78, 5) is 6.49. The van der Waals surface area contributed by atoms with E-state index < -0.39 is 0 Å². The van der Waals surface area contributed by atoms with Gasteiger partial charge < -0.3 is 15.0 Å². The molecule has 1 atom stereocenters. The van der Waals surface area contributed by atoms with E-state index in [-0.39, 0.29) is 12.4 Å². The molecule has 0 amide bonds. The number of pyridine rings is 1. The third-order valence-corrected chi connectivity index (χ3v) is 4.02. The van der Waals surface area contributed by atoms with Gasteiger partial charge in [-0.1, -0.05) is 30.3 Å². The summed E-state index contributed by atoms with van der Waals surface area (Å²) in [5.41, 5.74) is 2.35. The van der Waals surface area contributed by atoms with Crippen LogP contribution in [0.15, 0.2) is 48.8 Å². The first-order valence-electron chi connectivity index (χ1n) is 7.87. The van der Waals surface area contributed by atoms with Crippen molar-refractivity contribution < 1.29 is 4.74 Å². The Morgan fingerprint density at radius 2 is 2.09 bits per heavy atom. The van der Waals surface area contributed by atoms with E-state index in [2.05, 4.69) is 52.6 Å². The van der Waals surface area contributed by atoms with Crippen molar-refractivity contribution in [3.05, 3.63) is 54.4 Å². The van der Waals surface area contributed by atoms with E-state index in [1.807, 2.05) is 12.3 Å². The van der Waals surface area contributed by atoms with Crippen LogP contribution in [0.25, 0.3) is 0 Å². The number of rotatable bonds is 6. The molecular formula is C18H24ClN3O. The zero-order valence-electron chi connectivity index (χ0n) is 13.4. The number of anilines is 1. The number of ether oxygens (including phenoxy) is 1. The maximum atomic E-state index is 5.88. The highest BCUT2D eigenvalue weighted by Gasteiger charge is 2.14. The summed E-state index contributed by atoms with van der Waals surface area (Å²) in [5, 5.41) is 3.44. The highest BCUT2D eigenvalue weighted by atomic mass is 35.5. The smallest absolute Gasteiger partial charge is 0.139 e. The van der Waals surface area contributed by atoms with Gasteiger partial charge in [-0.2, -0.15) is 0 Å². The molecule has 124 valence electrons. The molecule has 1 aliphatic rings. The van der Waals surface area contributed by atoms with Gasteiger partial charge in [-0.3, -0.25) is 4.98 Å². The van der Waals surface area contributed by atoms with Crippen molar-refractivity contribution in [3.8, 4) is 5.75 Å². The minimum atomic E-state index is 0. The number of nitrogens with zero attached hydrogens (tertiary/aromatic N) is 2. The molecule has 0 saturated carbocycles. The second-order valence-corrected chi connectivity index (χ2v) is 5.82. The molecule has 1 fully saturated rings. The molecule has 1 aliphatic heterocycles. The largest absolute Gasteiger partial charge is 0.490 e. The van der Waals surface area contributed by atoms with Crippen LogP contribution < -0.4 is 15.0 Å². The Hall–Kier alpha value is -1.78. The van der Waals surface area contributed by atoms with Crippen molar-refractivity contribution >= 4 is 18.1 Å². The summed E-state index contributed by atoms with van der Waals surface area (Å²) in [7, 11) is 2.08. The second kappa shape index (κ2) is 8.75. The van der Waals surface area contributed by atoms with Crippen molar-refractivity contribution in [2.24, 2.45) is 0 Å². The Kier molecular flexibility index (Phi) is 6.68. The summed E-state index contributed by atoms with van der Waals surface area (Å²) in [5.74, 6) is 0.839. The van der Waals surface area contributed by atoms with Crippen molar-refractivity contribution in [2.45, 2.75) is 25.4 Å². The van der Waals surface area contributed by atoms with E-state index in [0.717, 1.165) is 24.5 Å². The van der Waals surface area contributed by atoms with E-state index in [1.165, 1.54) is 18.4 Å². The zero-order valence-corrected chi connectivity index (χ0v) is 14.3. The Morgan fingerprint density at radius 3 is 2.83 bits per heavy atom. The molecule has 0 aliphatic carbocycles. The van der Waals surface area contributed by atoms with Gasteiger partial charge in [0.2, 0.25) is 0 Å². The summed E-state index contributed by atoms with van der Waals surface area (Å²) < 4.78 is 5.88. The van der Waals surface area contributed by atoms with Crippen LogP contribution in [-0.2, 0) is 6.54 Å². The van der Waals surface area contributed by atoms with Gasteiger partial charge in [-0.25, -0.2) is 0 Å². The Morgan fingerprint density at radius 1 is 1.26 bits per heavy atom. The molecule has 0 bridgehead atoms. The second-order valence-electron chi connectivity index (χ2n) is 5.82. The maximum Gasteiger partial charge on any atom is 0.139 e. The van der Waals surface area contributed by atoms with E-state index >= 15 is 0 Å². The summed E-state index contributed by atoms with van der Waals surface area (Å²) in [6.45, 7) is 2.68. The SMILES string of the molecule is CN(Cc1ccccc1)c1cncc(OC[C@@H]2CCCN2)c1.Cl. The molecule has 1 saturated heterocycles. The number of halogens is 1. The third kappa shape index (κ3) is 5.12. The number of hydrogen-bond acceptors (Lipinski definition) is 4. The molecule has 2 aromatic rings. The van der Waals surface area contributed by atoms with Gasteiger partial charge in [0.05, 0.1) is 18.1 Å². The maximum absolute atomic E-state index is 5.88. The lowest BCUT2D eigenvalue weighted by molar-refractivity contribution is 0.276. The van der Waals surface area contributed by atoms with E-state index in [4.69, 9.17) is 4.74 Å². The van der Waals surface area contributed by atoms with Gasteiger partial charge in [-0.05, 0) is 24.9 Å². The quantitative estimate of drug-likeness (QED) is 0.880. The molecule has 0 spiro atoms. The molecule has 1 N–H and O–H groups in total. The Bertz CT molecular complexity index is 588. The first-order valence-corrected chi connectivity index (χ1v) is 7.87. The summed E-state index contributed by atoms with van der Waals surface area (Å²) >= 11 is 0. The molecule has 0 unspecified atom stereocenters. The lowest BCUT2D eigenvalue weighted by Crippen LogP contribution is -2.28. The van der Waals surface area contributed by atoms with Crippen molar-refractivity contribution in [1.82, 2.24) is 10.3 Å². The molecule has 2 heterocycles. The van der Waals surface area contributed by atoms with Gasteiger partial charge in [0.25, 0.3) is 0 Å². The summed E-state index contributed by atoms with van der Waals surface area (Å²) in [6, 6.07) is 13.0. The normalized spacial score (nSPS) is 16.7. The van der Waals surface area contributed by atoms with Gasteiger partial charge in [0.15, 0.2) is 0 Å². The Balaban J connectivity index is 0.00000192. The number of hydrogen-bond donors (Lipinski definition) is 1. The number of nitrogens with one attached hydrogen (secondary N) is 1. The molecule has 5 heteroatoms. The number of benzene rings is 1. The highest BCUT2D eigenvalue weighted by Crippen LogP contribution is 2.20. The third-order valence-electron chi connectivity index (χ3n) is 4.02. The van der Waals surface area contributed by atoms with Crippen LogP contribution in [0.1, 0.15) is 18.4 Å². The molecule has 23 heavy (non-hydrogen) atoms. The minimum Gasteiger partial charge on any atom is -0.490 e. The molecule has 0 radical (unpaired) electrons. The first-order chi connectivity index (χ1) is 10.8. The van der Waals surface area contributed by atoms with Crippen LogP contribution in [0.4, 0.5) is 5.69 Å². The van der Waals surface area contributed by atoms with E-state index in [0.29, 0.717) is 12.6 Å². The molecule has 1 aromatic carbocycles. The molecule has 1 aromatic heterocycles. The van der Waals surface area contributed by atoms with Gasteiger partial charge in [0, 0.05) is 25.7 Å². The van der Waals surface area contributed by atoms with Crippen LogP contribution in [-0.4, -0.2) is 31.2 Å². The highest BCUT2D eigenvalue weighted by molar-refractivity contribution is 5.85. The van der Waals surface area contributed by atoms with Crippen LogP contribution in [0.5, 0.6) is 5.75 Å². The average Bonchev–Trinajstić information content (AvgIpc) is 3.08. The fourth-order valence-electron chi connectivity index (χ4n) is 2.74. The molecular weight excluding hydrogens is 310 g/mol. The van der Waals surface area contributed by atoms with Crippen LogP contribution in [0.2, 0.25) is 0 Å². The zero-order chi connectivity index (χ0) is 15.2. The minimum absolute atomic E-state index is 0. The topological polar surface area (TPSA) is 37.4 Å². The van der Waals surface area contributed by atoms with Gasteiger partial charge in [0.1, 0.15) is 12.4 Å². The van der Waals surface area contributed by atoms with Gasteiger partial charge >= 0.3 is 0 Å². The van der Waals surface area contributed by atoms with Gasteiger partial charge in [-0.15, -0.1) is 12.4 Å². The predicted molar refractivity (Wildman–Crippen MR) is 96.6 cm³/mol. The molecule has 4 nitrogen and oxygen atoms in total. The van der Waals surface area contributed by atoms with E-state index in [9.17, 15) is 0 Å².